The summed E-state index contributed by atoms with van der Waals surface area (Å²) in [5.74, 6) is -0.0970. The molecule has 0 unspecified atom stereocenters. The van der Waals surface area contributed by atoms with Crippen LogP contribution in [0.2, 0.25) is 0 Å². The Morgan fingerprint density at radius 2 is 1.90 bits per heavy atom. The van der Waals surface area contributed by atoms with Crippen LogP contribution in [0.4, 0.5) is 0 Å². The molecule has 1 heterocycles. The molecule has 1 aromatic rings. The van der Waals surface area contributed by atoms with Gasteiger partial charge in [-0.1, -0.05) is 6.92 Å². The molecular weight excluding hydrogens is 268 g/mol. The summed E-state index contributed by atoms with van der Waals surface area (Å²) in [7, 11) is 0. The van der Waals surface area contributed by atoms with Crippen LogP contribution in [0, 0.1) is 19.8 Å². The summed E-state index contributed by atoms with van der Waals surface area (Å²) >= 11 is 0. The number of rotatable bonds is 4. The number of nitrogens with zero attached hydrogens (tertiary/aromatic N) is 2. The van der Waals surface area contributed by atoms with Gasteiger partial charge in [-0.15, -0.1) is 0 Å². The second-order valence-electron chi connectivity index (χ2n) is 6.22. The molecule has 1 aliphatic carbocycles. The topological polar surface area (TPSA) is 72.2 Å². The first-order valence-electron chi connectivity index (χ1n) is 7.70. The summed E-state index contributed by atoms with van der Waals surface area (Å²) in [5, 5.41) is 8.87. The zero-order valence-electron chi connectivity index (χ0n) is 13.1. The lowest BCUT2D eigenvalue weighted by atomic mass is 9.87. The van der Waals surface area contributed by atoms with E-state index in [0.29, 0.717) is 12.1 Å². The summed E-state index contributed by atoms with van der Waals surface area (Å²) in [6.45, 7) is 5.96. The quantitative estimate of drug-likeness (QED) is 0.926. The lowest BCUT2D eigenvalue weighted by Gasteiger charge is -2.29. The van der Waals surface area contributed by atoms with Gasteiger partial charge in [-0.05, 0) is 57.4 Å². The number of aliphatic carboxylic acids is 1. The maximum atomic E-state index is 12.3. The molecule has 21 heavy (non-hydrogen) atoms. The van der Waals surface area contributed by atoms with Crippen molar-refractivity contribution in [2.45, 2.75) is 65.3 Å². The summed E-state index contributed by atoms with van der Waals surface area (Å²) in [5.41, 5.74) is 2.28. The maximum absolute atomic E-state index is 12.3. The van der Waals surface area contributed by atoms with Crippen molar-refractivity contribution in [2.24, 2.45) is 5.92 Å². The first kappa shape index (κ1) is 15.7. The molecule has 2 rings (SSSR count). The van der Waals surface area contributed by atoms with Crippen molar-refractivity contribution < 1.29 is 9.90 Å². The maximum Gasteiger partial charge on any atom is 0.348 e. The van der Waals surface area contributed by atoms with Crippen LogP contribution >= 0.6 is 0 Å². The van der Waals surface area contributed by atoms with E-state index in [2.05, 4.69) is 11.9 Å². The van der Waals surface area contributed by atoms with E-state index < -0.39 is 5.97 Å². The van der Waals surface area contributed by atoms with Crippen molar-refractivity contribution in [3.8, 4) is 0 Å². The molecule has 116 valence electrons. The third-order valence-corrected chi connectivity index (χ3v) is 4.64. The molecule has 0 saturated heterocycles. The van der Waals surface area contributed by atoms with E-state index in [4.69, 9.17) is 5.11 Å². The van der Waals surface area contributed by atoms with Gasteiger partial charge in [0.25, 0.3) is 0 Å². The smallest absolute Gasteiger partial charge is 0.348 e. The van der Waals surface area contributed by atoms with Crippen molar-refractivity contribution in [1.29, 1.82) is 0 Å². The van der Waals surface area contributed by atoms with E-state index in [1.807, 2.05) is 6.92 Å². The highest BCUT2D eigenvalue weighted by atomic mass is 16.4. The number of hydrogen-bond acceptors (Lipinski definition) is 3. The van der Waals surface area contributed by atoms with Gasteiger partial charge < -0.3 is 5.11 Å². The third-order valence-electron chi connectivity index (χ3n) is 4.64. The van der Waals surface area contributed by atoms with Gasteiger partial charge in [0.1, 0.15) is 0 Å². The van der Waals surface area contributed by atoms with Gasteiger partial charge in [-0.3, -0.25) is 9.36 Å². The number of aromatic nitrogens is 2. The molecule has 1 fully saturated rings. The average Bonchev–Trinajstić information content (AvgIpc) is 2.40. The summed E-state index contributed by atoms with van der Waals surface area (Å²) in [6, 6.07) is 0.213. The Morgan fingerprint density at radius 1 is 1.29 bits per heavy atom. The molecule has 0 aromatic carbocycles. The van der Waals surface area contributed by atoms with E-state index in [0.717, 1.165) is 42.9 Å². The van der Waals surface area contributed by atoms with Crippen LogP contribution < -0.4 is 5.69 Å². The van der Waals surface area contributed by atoms with Crippen LogP contribution in [0.1, 0.15) is 62.0 Å². The molecule has 0 atom stereocenters. The molecule has 1 aromatic heterocycles. The molecule has 5 heteroatoms. The second-order valence-corrected chi connectivity index (χ2v) is 6.22. The monoisotopic (exact) mass is 292 g/mol. The molecular formula is C16H24N2O3. The van der Waals surface area contributed by atoms with Gasteiger partial charge in [0, 0.05) is 23.9 Å². The Balaban J connectivity index is 2.34. The van der Waals surface area contributed by atoms with Crippen molar-refractivity contribution in [3.05, 3.63) is 27.4 Å². The number of carbonyl (C=O) groups is 1. The molecule has 0 radical (unpaired) electrons. The Morgan fingerprint density at radius 3 is 2.48 bits per heavy atom. The molecule has 0 amide bonds. The fourth-order valence-electron chi connectivity index (χ4n) is 3.34. The Bertz CT molecular complexity index is 584. The largest absolute Gasteiger partial charge is 0.481 e. The van der Waals surface area contributed by atoms with Gasteiger partial charge in [-0.2, -0.15) is 4.98 Å². The predicted octanol–water partition coefficient (Wildman–Crippen LogP) is 2.63. The lowest BCUT2D eigenvalue weighted by Crippen LogP contribution is -2.33. The molecule has 1 aliphatic rings. The first-order chi connectivity index (χ1) is 9.90. The summed E-state index contributed by atoms with van der Waals surface area (Å²) in [4.78, 5) is 27.2. The van der Waals surface area contributed by atoms with Crippen molar-refractivity contribution in [2.75, 3.05) is 0 Å². The van der Waals surface area contributed by atoms with E-state index >= 15 is 0 Å². The van der Waals surface area contributed by atoms with E-state index in [9.17, 15) is 9.59 Å². The van der Waals surface area contributed by atoms with Crippen LogP contribution in [-0.4, -0.2) is 20.6 Å². The molecule has 1 N–H and O–H groups in total. The van der Waals surface area contributed by atoms with Gasteiger partial charge >= 0.3 is 11.7 Å². The minimum absolute atomic E-state index is 0.0727. The third kappa shape index (κ3) is 3.52. The van der Waals surface area contributed by atoms with Crippen molar-refractivity contribution in [1.82, 2.24) is 9.55 Å². The highest BCUT2D eigenvalue weighted by Crippen LogP contribution is 2.32. The molecule has 0 aliphatic heterocycles. The van der Waals surface area contributed by atoms with Gasteiger partial charge in [0.2, 0.25) is 0 Å². The zero-order chi connectivity index (χ0) is 15.6. The SMILES string of the molecule is Cc1nc(=O)n(C2CCC(C)CC2)c(C)c1CCC(=O)O. The molecule has 5 nitrogen and oxygen atoms in total. The van der Waals surface area contributed by atoms with Gasteiger partial charge in [-0.25, -0.2) is 4.79 Å². The van der Waals surface area contributed by atoms with Gasteiger partial charge in [0.15, 0.2) is 0 Å². The van der Waals surface area contributed by atoms with Crippen molar-refractivity contribution >= 4 is 5.97 Å². The number of carboxylic acids is 1. The van der Waals surface area contributed by atoms with Crippen LogP contribution in [0.3, 0.4) is 0 Å². The zero-order valence-corrected chi connectivity index (χ0v) is 13.1. The number of hydrogen-bond donors (Lipinski definition) is 1. The highest BCUT2D eigenvalue weighted by molar-refractivity contribution is 5.67. The summed E-state index contributed by atoms with van der Waals surface area (Å²) in [6.07, 6.45) is 4.78. The number of carboxylic acid groups (broad SMARTS) is 1. The molecule has 0 spiro atoms. The summed E-state index contributed by atoms with van der Waals surface area (Å²) < 4.78 is 1.80. The van der Waals surface area contributed by atoms with Crippen LogP contribution in [0.25, 0.3) is 0 Å². The molecule has 1 saturated carbocycles. The fraction of sp³-hybridized carbons (Fsp3) is 0.688. The minimum Gasteiger partial charge on any atom is -0.481 e. The highest BCUT2D eigenvalue weighted by Gasteiger charge is 2.23. The van der Waals surface area contributed by atoms with Crippen LogP contribution in [0.5, 0.6) is 0 Å². The van der Waals surface area contributed by atoms with Gasteiger partial charge in [0.05, 0.1) is 0 Å². The minimum atomic E-state index is -0.821. The van der Waals surface area contributed by atoms with Crippen LogP contribution in [-0.2, 0) is 11.2 Å². The number of aryl methyl sites for hydroxylation is 1. The lowest BCUT2D eigenvalue weighted by molar-refractivity contribution is -0.136. The Labute approximate surface area is 125 Å². The average molecular weight is 292 g/mol. The van der Waals surface area contributed by atoms with Crippen molar-refractivity contribution in [3.63, 3.8) is 0 Å². The van der Waals surface area contributed by atoms with Crippen LogP contribution in [0.15, 0.2) is 4.79 Å². The van der Waals surface area contributed by atoms with E-state index in [-0.39, 0.29) is 18.2 Å². The molecule has 0 bridgehead atoms. The fourth-order valence-corrected chi connectivity index (χ4v) is 3.34. The standard InChI is InChI=1S/C16H24N2O3/c1-10-4-6-13(7-5-10)18-12(3)14(8-9-15(19)20)11(2)17-16(18)21/h10,13H,4-9H2,1-3H3,(H,19,20). The second kappa shape index (κ2) is 6.41. The normalized spacial score (nSPS) is 22.2. The predicted molar refractivity (Wildman–Crippen MR) is 80.6 cm³/mol. The van der Waals surface area contributed by atoms with E-state index in [1.165, 1.54) is 0 Å². The van der Waals surface area contributed by atoms with E-state index in [1.54, 1.807) is 11.5 Å². The Kier molecular flexibility index (Phi) is 4.80. The Hall–Kier alpha value is -1.65. The first-order valence-corrected chi connectivity index (χ1v) is 7.70.